The molecule has 0 saturated heterocycles. The van der Waals surface area contributed by atoms with Gasteiger partial charge in [-0.3, -0.25) is 4.90 Å². The summed E-state index contributed by atoms with van der Waals surface area (Å²) < 4.78 is 0. The molecule has 0 fully saturated rings. The third kappa shape index (κ3) is 6.13. The van der Waals surface area contributed by atoms with Gasteiger partial charge in [0, 0.05) is 19.1 Å². The van der Waals surface area contributed by atoms with E-state index in [1.807, 2.05) is 0 Å². The van der Waals surface area contributed by atoms with Crippen molar-refractivity contribution in [1.29, 1.82) is 0 Å². The molecule has 0 spiro atoms. The van der Waals surface area contributed by atoms with Crippen molar-refractivity contribution < 1.29 is 5.11 Å². The van der Waals surface area contributed by atoms with Gasteiger partial charge in [-0.15, -0.1) is 0 Å². The van der Waals surface area contributed by atoms with E-state index in [0.29, 0.717) is 6.04 Å². The van der Waals surface area contributed by atoms with E-state index < -0.39 is 0 Å². The van der Waals surface area contributed by atoms with E-state index in [1.54, 1.807) is 0 Å². The lowest BCUT2D eigenvalue weighted by Crippen LogP contribution is -2.43. The monoisotopic (exact) mass is 216 g/mol. The zero-order chi connectivity index (χ0) is 11.8. The summed E-state index contributed by atoms with van der Waals surface area (Å²) >= 11 is 0. The Labute approximate surface area is 95.1 Å². The third-order valence-corrected chi connectivity index (χ3v) is 2.91. The van der Waals surface area contributed by atoms with Crippen molar-refractivity contribution in [3.63, 3.8) is 0 Å². The first-order valence-electron chi connectivity index (χ1n) is 6.05. The van der Waals surface area contributed by atoms with Crippen molar-refractivity contribution in [3.05, 3.63) is 0 Å². The van der Waals surface area contributed by atoms with Crippen LogP contribution in [-0.4, -0.2) is 61.3 Å². The molecule has 0 heterocycles. The van der Waals surface area contributed by atoms with Gasteiger partial charge in [0.1, 0.15) is 0 Å². The van der Waals surface area contributed by atoms with E-state index in [1.165, 1.54) is 0 Å². The lowest BCUT2D eigenvalue weighted by atomic mass is 10.0. The van der Waals surface area contributed by atoms with Gasteiger partial charge in [-0.2, -0.15) is 0 Å². The van der Waals surface area contributed by atoms with E-state index in [-0.39, 0.29) is 6.10 Å². The molecule has 0 rings (SSSR count). The molecule has 3 heteroatoms. The van der Waals surface area contributed by atoms with Crippen molar-refractivity contribution >= 4 is 0 Å². The van der Waals surface area contributed by atoms with Crippen LogP contribution in [0.15, 0.2) is 0 Å². The summed E-state index contributed by atoms with van der Waals surface area (Å²) in [5.74, 6) is 0. The molecule has 3 nitrogen and oxygen atoms in total. The SMILES string of the molecule is CCCC(O)C(CC)N(C)CCN(C)C. The molecule has 0 saturated carbocycles. The molecule has 0 aromatic carbocycles. The molecule has 0 aliphatic heterocycles. The third-order valence-electron chi connectivity index (χ3n) is 2.91. The second kappa shape index (κ2) is 8.08. The predicted molar refractivity (Wildman–Crippen MR) is 66.2 cm³/mol. The van der Waals surface area contributed by atoms with Crippen molar-refractivity contribution in [1.82, 2.24) is 9.80 Å². The zero-order valence-electron chi connectivity index (χ0n) is 11.0. The van der Waals surface area contributed by atoms with Crippen LogP contribution in [0.4, 0.5) is 0 Å². The van der Waals surface area contributed by atoms with Crippen LogP contribution in [0.5, 0.6) is 0 Å². The van der Waals surface area contributed by atoms with Crippen molar-refractivity contribution in [2.24, 2.45) is 0 Å². The standard InChI is InChI=1S/C12H28N2O/c1-6-8-12(15)11(7-2)14(5)10-9-13(3)4/h11-12,15H,6-10H2,1-5H3. The highest BCUT2D eigenvalue weighted by molar-refractivity contribution is 4.76. The molecular weight excluding hydrogens is 188 g/mol. The maximum Gasteiger partial charge on any atom is 0.0695 e. The first kappa shape index (κ1) is 14.9. The predicted octanol–water partition coefficient (Wildman–Crippen LogP) is 1.42. The molecule has 0 aliphatic carbocycles. The number of likely N-dealkylation sites (N-methyl/N-ethyl adjacent to an activating group) is 2. The van der Waals surface area contributed by atoms with Gasteiger partial charge in [0.2, 0.25) is 0 Å². The average Bonchev–Trinajstić information content (AvgIpc) is 2.16. The molecule has 92 valence electrons. The first-order valence-corrected chi connectivity index (χ1v) is 6.05. The van der Waals surface area contributed by atoms with Gasteiger partial charge in [-0.05, 0) is 34.0 Å². The molecule has 1 N–H and O–H groups in total. The number of aliphatic hydroxyl groups is 1. The fourth-order valence-electron chi connectivity index (χ4n) is 1.89. The maximum absolute atomic E-state index is 9.99. The van der Waals surface area contributed by atoms with Gasteiger partial charge in [0.25, 0.3) is 0 Å². The van der Waals surface area contributed by atoms with Crippen LogP contribution in [0, 0.1) is 0 Å². The Hall–Kier alpha value is -0.120. The molecular formula is C12H28N2O. The van der Waals surface area contributed by atoms with Gasteiger partial charge in [-0.25, -0.2) is 0 Å². The molecule has 0 radical (unpaired) electrons. The number of nitrogens with zero attached hydrogens (tertiary/aromatic N) is 2. The average molecular weight is 216 g/mol. The molecule has 0 aliphatic rings. The van der Waals surface area contributed by atoms with Gasteiger partial charge >= 0.3 is 0 Å². The van der Waals surface area contributed by atoms with E-state index in [2.05, 4.69) is 44.8 Å². The van der Waals surface area contributed by atoms with E-state index in [0.717, 1.165) is 32.4 Å². The number of rotatable bonds is 8. The Morgan fingerprint density at radius 2 is 1.67 bits per heavy atom. The second-order valence-corrected chi connectivity index (χ2v) is 4.62. The van der Waals surface area contributed by atoms with Crippen LogP contribution in [0.25, 0.3) is 0 Å². The van der Waals surface area contributed by atoms with Crippen LogP contribution in [0.1, 0.15) is 33.1 Å². The highest BCUT2D eigenvalue weighted by Gasteiger charge is 2.20. The van der Waals surface area contributed by atoms with Crippen LogP contribution in [0.3, 0.4) is 0 Å². The Kier molecular flexibility index (Phi) is 8.02. The first-order chi connectivity index (χ1) is 7.02. The molecule has 2 unspecified atom stereocenters. The summed E-state index contributed by atoms with van der Waals surface area (Å²) in [6, 6.07) is 0.310. The van der Waals surface area contributed by atoms with Gasteiger partial charge in [-0.1, -0.05) is 20.3 Å². The molecule has 0 bridgehead atoms. The minimum atomic E-state index is -0.174. The summed E-state index contributed by atoms with van der Waals surface area (Å²) in [4.78, 5) is 4.45. The molecule has 2 atom stereocenters. The van der Waals surface area contributed by atoms with E-state index in [9.17, 15) is 5.11 Å². The quantitative estimate of drug-likeness (QED) is 0.665. The second-order valence-electron chi connectivity index (χ2n) is 4.62. The topological polar surface area (TPSA) is 26.7 Å². The summed E-state index contributed by atoms with van der Waals surface area (Å²) in [6.07, 6.45) is 2.81. The van der Waals surface area contributed by atoms with Crippen molar-refractivity contribution in [2.45, 2.75) is 45.3 Å². The Morgan fingerprint density at radius 1 is 1.07 bits per heavy atom. The molecule has 15 heavy (non-hydrogen) atoms. The Bertz CT molecular complexity index is 151. The summed E-state index contributed by atoms with van der Waals surface area (Å²) in [6.45, 7) is 6.34. The molecule has 0 amide bonds. The number of hydrogen-bond acceptors (Lipinski definition) is 3. The highest BCUT2D eigenvalue weighted by Crippen LogP contribution is 2.11. The summed E-state index contributed by atoms with van der Waals surface area (Å²) in [5, 5.41) is 9.99. The largest absolute Gasteiger partial charge is 0.391 e. The van der Waals surface area contributed by atoms with Gasteiger partial charge in [0.15, 0.2) is 0 Å². The number of aliphatic hydroxyl groups excluding tert-OH is 1. The Morgan fingerprint density at radius 3 is 2.07 bits per heavy atom. The van der Waals surface area contributed by atoms with Gasteiger partial charge < -0.3 is 10.0 Å². The van der Waals surface area contributed by atoms with Crippen molar-refractivity contribution in [2.75, 3.05) is 34.2 Å². The van der Waals surface area contributed by atoms with Crippen LogP contribution < -0.4 is 0 Å². The van der Waals surface area contributed by atoms with E-state index >= 15 is 0 Å². The van der Waals surface area contributed by atoms with Crippen LogP contribution >= 0.6 is 0 Å². The minimum absolute atomic E-state index is 0.174. The summed E-state index contributed by atoms with van der Waals surface area (Å²) in [7, 11) is 6.27. The maximum atomic E-state index is 9.99. The zero-order valence-corrected chi connectivity index (χ0v) is 11.0. The molecule has 0 aromatic heterocycles. The van der Waals surface area contributed by atoms with E-state index in [4.69, 9.17) is 0 Å². The molecule has 0 aromatic rings. The Balaban J connectivity index is 4.02. The summed E-state index contributed by atoms with van der Waals surface area (Å²) in [5.41, 5.74) is 0. The number of hydrogen-bond donors (Lipinski definition) is 1. The van der Waals surface area contributed by atoms with Gasteiger partial charge in [0.05, 0.1) is 6.10 Å². The lowest BCUT2D eigenvalue weighted by molar-refractivity contribution is 0.0514. The highest BCUT2D eigenvalue weighted by atomic mass is 16.3. The fourth-order valence-corrected chi connectivity index (χ4v) is 1.89. The lowest BCUT2D eigenvalue weighted by Gasteiger charge is -2.31. The normalized spacial score (nSPS) is 16.0. The van der Waals surface area contributed by atoms with Crippen LogP contribution in [0.2, 0.25) is 0 Å². The van der Waals surface area contributed by atoms with Crippen molar-refractivity contribution in [3.8, 4) is 0 Å². The minimum Gasteiger partial charge on any atom is -0.391 e. The fraction of sp³-hybridized carbons (Fsp3) is 1.00. The van der Waals surface area contributed by atoms with Crippen LogP contribution in [-0.2, 0) is 0 Å². The smallest absolute Gasteiger partial charge is 0.0695 e.